The van der Waals surface area contributed by atoms with Gasteiger partial charge in [0.05, 0.1) is 9.26 Å². The van der Waals surface area contributed by atoms with Crippen molar-refractivity contribution >= 4 is 39.7 Å². The lowest BCUT2D eigenvalue weighted by Gasteiger charge is -2.10. The maximum absolute atomic E-state index is 13.4. The van der Waals surface area contributed by atoms with E-state index >= 15 is 0 Å². The normalized spacial score (nSPS) is 10.3. The predicted octanol–water partition coefficient (Wildman–Crippen LogP) is 4.06. The van der Waals surface area contributed by atoms with Crippen molar-refractivity contribution in [1.29, 1.82) is 0 Å². The van der Waals surface area contributed by atoms with E-state index in [4.69, 9.17) is 5.73 Å². The van der Waals surface area contributed by atoms with Gasteiger partial charge in [-0.05, 0) is 65.4 Å². The molecule has 17 heavy (non-hydrogen) atoms. The Balaban J connectivity index is 2.34. The van der Waals surface area contributed by atoms with Crippen molar-refractivity contribution in [2.45, 2.75) is 6.92 Å². The SMILES string of the molecule is Cc1cc(N)cc(Nc2cccc(F)c2I)c1. The Morgan fingerprint density at radius 3 is 2.71 bits per heavy atom. The zero-order valence-electron chi connectivity index (χ0n) is 9.30. The van der Waals surface area contributed by atoms with Crippen LogP contribution in [0.15, 0.2) is 36.4 Å². The van der Waals surface area contributed by atoms with Crippen LogP contribution in [0, 0.1) is 16.3 Å². The molecule has 0 aliphatic heterocycles. The van der Waals surface area contributed by atoms with Gasteiger partial charge >= 0.3 is 0 Å². The van der Waals surface area contributed by atoms with Crippen molar-refractivity contribution in [3.05, 3.63) is 51.3 Å². The first-order valence-corrected chi connectivity index (χ1v) is 6.22. The summed E-state index contributed by atoms with van der Waals surface area (Å²) in [4.78, 5) is 0. The second-order valence-electron chi connectivity index (χ2n) is 3.86. The van der Waals surface area contributed by atoms with Crippen molar-refractivity contribution in [3.63, 3.8) is 0 Å². The number of hydrogen-bond donors (Lipinski definition) is 2. The molecule has 0 fully saturated rings. The molecule has 2 aromatic carbocycles. The van der Waals surface area contributed by atoms with E-state index in [0.29, 0.717) is 9.26 Å². The molecule has 0 bridgehead atoms. The third kappa shape index (κ3) is 2.88. The topological polar surface area (TPSA) is 38.0 Å². The predicted molar refractivity (Wildman–Crippen MR) is 78.0 cm³/mol. The summed E-state index contributed by atoms with van der Waals surface area (Å²) in [6, 6.07) is 10.6. The van der Waals surface area contributed by atoms with Gasteiger partial charge in [-0.2, -0.15) is 0 Å². The van der Waals surface area contributed by atoms with Crippen LogP contribution in [0.5, 0.6) is 0 Å². The van der Waals surface area contributed by atoms with E-state index in [0.717, 1.165) is 16.9 Å². The summed E-state index contributed by atoms with van der Waals surface area (Å²) in [6.45, 7) is 1.97. The Kier molecular flexibility index (Phi) is 3.51. The molecule has 0 aliphatic rings. The van der Waals surface area contributed by atoms with Crippen molar-refractivity contribution in [2.75, 3.05) is 11.1 Å². The van der Waals surface area contributed by atoms with Crippen molar-refractivity contribution in [1.82, 2.24) is 0 Å². The lowest BCUT2D eigenvalue weighted by Crippen LogP contribution is -1.97. The second kappa shape index (κ2) is 4.91. The average molecular weight is 342 g/mol. The zero-order chi connectivity index (χ0) is 12.4. The van der Waals surface area contributed by atoms with E-state index in [1.165, 1.54) is 6.07 Å². The van der Waals surface area contributed by atoms with Crippen LogP contribution in [-0.4, -0.2) is 0 Å². The van der Waals surface area contributed by atoms with Gasteiger partial charge in [0.15, 0.2) is 0 Å². The summed E-state index contributed by atoms with van der Waals surface area (Å²) in [5.41, 5.74) is 9.14. The summed E-state index contributed by atoms with van der Waals surface area (Å²) in [5.74, 6) is -0.226. The third-order valence-electron chi connectivity index (χ3n) is 2.33. The molecule has 3 N–H and O–H groups in total. The highest BCUT2D eigenvalue weighted by Gasteiger charge is 2.05. The van der Waals surface area contributed by atoms with E-state index in [1.807, 2.05) is 53.8 Å². The largest absolute Gasteiger partial charge is 0.399 e. The Labute approximate surface area is 113 Å². The van der Waals surface area contributed by atoms with Gasteiger partial charge in [-0.1, -0.05) is 6.07 Å². The molecule has 0 aromatic heterocycles. The fraction of sp³-hybridized carbons (Fsp3) is 0.0769. The molecule has 0 spiro atoms. The number of halogens is 2. The van der Waals surface area contributed by atoms with Crippen LogP contribution in [0.2, 0.25) is 0 Å². The van der Waals surface area contributed by atoms with Crippen molar-refractivity contribution < 1.29 is 4.39 Å². The number of anilines is 3. The van der Waals surface area contributed by atoms with Crippen LogP contribution in [0.25, 0.3) is 0 Å². The van der Waals surface area contributed by atoms with Crippen LogP contribution >= 0.6 is 22.6 Å². The smallest absolute Gasteiger partial charge is 0.138 e. The maximum Gasteiger partial charge on any atom is 0.138 e. The third-order valence-corrected chi connectivity index (χ3v) is 3.43. The Bertz CT molecular complexity index is 535. The number of benzene rings is 2. The Hall–Kier alpha value is -1.30. The standard InChI is InChI=1S/C13H12FIN2/c1-8-5-9(16)7-10(6-8)17-12-4-2-3-11(14)13(12)15/h2-7,17H,16H2,1H3. The van der Waals surface area contributed by atoms with Crippen LogP contribution < -0.4 is 11.1 Å². The molecule has 0 aliphatic carbocycles. The zero-order valence-corrected chi connectivity index (χ0v) is 11.5. The molecule has 0 saturated carbocycles. The van der Waals surface area contributed by atoms with Crippen LogP contribution in [0.3, 0.4) is 0 Å². The number of rotatable bonds is 2. The van der Waals surface area contributed by atoms with Crippen LogP contribution in [0.1, 0.15) is 5.56 Å². The van der Waals surface area contributed by atoms with Gasteiger partial charge in [0.2, 0.25) is 0 Å². The van der Waals surface area contributed by atoms with Gasteiger partial charge in [-0.15, -0.1) is 0 Å². The second-order valence-corrected chi connectivity index (χ2v) is 4.94. The van der Waals surface area contributed by atoms with Gasteiger partial charge in [-0.25, -0.2) is 4.39 Å². The Morgan fingerprint density at radius 1 is 1.24 bits per heavy atom. The first-order valence-electron chi connectivity index (χ1n) is 5.14. The van der Waals surface area contributed by atoms with Gasteiger partial charge in [0, 0.05) is 11.4 Å². The molecule has 88 valence electrons. The molecule has 0 heterocycles. The van der Waals surface area contributed by atoms with Crippen molar-refractivity contribution in [3.8, 4) is 0 Å². The molecule has 0 atom stereocenters. The minimum absolute atomic E-state index is 0.226. The monoisotopic (exact) mass is 342 g/mol. The number of nitrogens with one attached hydrogen (secondary N) is 1. The van der Waals surface area contributed by atoms with Gasteiger partial charge in [0.25, 0.3) is 0 Å². The minimum Gasteiger partial charge on any atom is -0.399 e. The maximum atomic E-state index is 13.4. The van der Waals surface area contributed by atoms with Gasteiger partial charge in [-0.3, -0.25) is 0 Å². The van der Waals surface area contributed by atoms with E-state index in [-0.39, 0.29) is 5.82 Å². The van der Waals surface area contributed by atoms with E-state index < -0.39 is 0 Å². The first kappa shape index (κ1) is 12.2. The molecule has 0 unspecified atom stereocenters. The van der Waals surface area contributed by atoms with E-state index in [9.17, 15) is 4.39 Å². The molecule has 0 radical (unpaired) electrons. The molecule has 2 aromatic rings. The average Bonchev–Trinajstić information content (AvgIpc) is 2.23. The highest BCUT2D eigenvalue weighted by molar-refractivity contribution is 14.1. The summed E-state index contributed by atoms with van der Waals surface area (Å²) in [5, 5.41) is 3.17. The quantitative estimate of drug-likeness (QED) is 0.638. The fourth-order valence-electron chi connectivity index (χ4n) is 1.64. The van der Waals surface area contributed by atoms with Gasteiger partial charge in [0.1, 0.15) is 5.82 Å². The van der Waals surface area contributed by atoms with Gasteiger partial charge < -0.3 is 11.1 Å². The molecule has 2 rings (SSSR count). The van der Waals surface area contributed by atoms with Crippen LogP contribution in [0.4, 0.5) is 21.5 Å². The van der Waals surface area contributed by atoms with E-state index in [1.54, 1.807) is 6.07 Å². The highest BCUT2D eigenvalue weighted by Crippen LogP contribution is 2.26. The summed E-state index contributed by atoms with van der Waals surface area (Å²) in [7, 11) is 0. The molecule has 2 nitrogen and oxygen atoms in total. The molecule has 4 heteroatoms. The highest BCUT2D eigenvalue weighted by atomic mass is 127. The molecular formula is C13H12FIN2. The molecular weight excluding hydrogens is 330 g/mol. The molecule has 0 saturated heterocycles. The van der Waals surface area contributed by atoms with E-state index in [2.05, 4.69) is 5.32 Å². The van der Waals surface area contributed by atoms with Crippen molar-refractivity contribution in [2.24, 2.45) is 0 Å². The number of nitrogens with two attached hydrogens (primary N) is 1. The number of aryl methyl sites for hydroxylation is 1. The lowest BCUT2D eigenvalue weighted by atomic mass is 10.2. The summed E-state index contributed by atoms with van der Waals surface area (Å²) in [6.07, 6.45) is 0. The number of hydrogen-bond acceptors (Lipinski definition) is 2. The fourth-order valence-corrected chi connectivity index (χ4v) is 2.14. The summed E-state index contributed by atoms with van der Waals surface area (Å²) >= 11 is 1.98. The number of nitrogen functional groups attached to an aromatic ring is 1. The molecule has 0 amide bonds. The lowest BCUT2D eigenvalue weighted by molar-refractivity contribution is 0.621. The Morgan fingerprint density at radius 2 is 2.00 bits per heavy atom. The first-order chi connectivity index (χ1) is 8.06. The van der Waals surface area contributed by atoms with Crippen LogP contribution in [-0.2, 0) is 0 Å². The minimum atomic E-state index is -0.226. The summed E-state index contributed by atoms with van der Waals surface area (Å²) < 4.78 is 13.9.